The van der Waals surface area contributed by atoms with Gasteiger partial charge in [0.2, 0.25) is 0 Å². The highest BCUT2D eigenvalue weighted by atomic mass is 16.3. The van der Waals surface area contributed by atoms with Gasteiger partial charge < -0.3 is 15.3 Å². The molecule has 2 N–H and O–H groups in total. The van der Waals surface area contributed by atoms with Crippen molar-refractivity contribution < 1.29 is 5.11 Å². The van der Waals surface area contributed by atoms with E-state index in [1.165, 1.54) is 12.8 Å². The second-order valence-corrected chi connectivity index (χ2v) is 8.27. The van der Waals surface area contributed by atoms with Crippen LogP contribution in [0.15, 0.2) is 42.7 Å². The van der Waals surface area contributed by atoms with E-state index in [9.17, 15) is 5.11 Å². The lowest BCUT2D eigenvalue weighted by atomic mass is 9.88. The summed E-state index contributed by atoms with van der Waals surface area (Å²) < 4.78 is 0. The van der Waals surface area contributed by atoms with Crippen LogP contribution in [0.4, 0.5) is 17.2 Å². The summed E-state index contributed by atoms with van der Waals surface area (Å²) in [6, 6.07) is 9.33. The molecule has 0 saturated carbocycles. The molecule has 30 heavy (non-hydrogen) atoms. The van der Waals surface area contributed by atoms with Crippen molar-refractivity contribution in [2.45, 2.75) is 33.6 Å². The Morgan fingerprint density at radius 1 is 1.07 bits per heavy atom. The average Bonchev–Trinajstić information content (AvgIpc) is 2.76. The van der Waals surface area contributed by atoms with Gasteiger partial charge in [-0.1, -0.05) is 13.8 Å². The fourth-order valence-corrected chi connectivity index (χ4v) is 3.81. The van der Waals surface area contributed by atoms with Crippen LogP contribution in [0, 0.1) is 18.8 Å². The fourth-order valence-electron chi connectivity index (χ4n) is 3.81. The summed E-state index contributed by atoms with van der Waals surface area (Å²) in [5.41, 5.74) is 3.43. The Hall–Kier alpha value is -3.22. The summed E-state index contributed by atoms with van der Waals surface area (Å²) in [6.45, 7) is 8.53. The third-order valence-electron chi connectivity index (χ3n) is 5.69. The first-order valence-electron chi connectivity index (χ1n) is 10.5. The number of anilines is 3. The largest absolute Gasteiger partial charge is 0.506 e. The van der Waals surface area contributed by atoms with Gasteiger partial charge in [0.05, 0.1) is 23.8 Å². The highest BCUT2D eigenvalue weighted by molar-refractivity contribution is 5.68. The van der Waals surface area contributed by atoms with Crippen molar-refractivity contribution in [1.82, 2.24) is 20.2 Å². The predicted octanol–water partition coefficient (Wildman–Crippen LogP) is 4.56. The summed E-state index contributed by atoms with van der Waals surface area (Å²) in [7, 11) is 0. The van der Waals surface area contributed by atoms with Gasteiger partial charge in [0.25, 0.3) is 0 Å². The molecule has 3 aromatic heterocycles. The van der Waals surface area contributed by atoms with Gasteiger partial charge in [-0.15, -0.1) is 10.2 Å². The molecule has 0 bridgehead atoms. The Kier molecular flexibility index (Phi) is 5.79. The van der Waals surface area contributed by atoms with Gasteiger partial charge in [0.15, 0.2) is 5.82 Å². The van der Waals surface area contributed by atoms with Gasteiger partial charge in [-0.25, -0.2) is 4.98 Å². The molecule has 7 nitrogen and oxygen atoms in total. The summed E-state index contributed by atoms with van der Waals surface area (Å²) >= 11 is 0. The second kappa shape index (κ2) is 8.65. The maximum absolute atomic E-state index is 10.5. The van der Waals surface area contributed by atoms with Crippen LogP contribution in [0.3, 0.4) is 0 Å². The van der Waals surface area contributed by atoms with Gasteiger partial charge in [-0.2, -0.15) is 0 Å². The Morgan fingerprint density at radius 3 is 2.57 bits per heavy atom. The minimum absolute atomic E-state index is 0.0555. The number of nitrogens with one attached hydrogen (secondary N) is 1. The molecule has 156 valence electrons. The van der Waals surface area contributed by atoms with E-state index in [1.807, 2.05) is 31.2 Å². The summed E-state index contributed by atoms with van der Waals surface area (Å²) in [4.78, 5) is 11.0. The number of nitrogens with zero attached hydrogens (tertiary/aromatic N) is 5. The first-order chi connectivity index (χ1) is 14.5. The van der Waals surface area contributed by atoms with Gasteiger partial charge in [0.1, 0.15) is 17.1 Å². The number of rotatable bonds is 5. The van der Waals surface area contributed by atoms with Crippen molar-refractivity contribution >= 4 is 17.2 Å². The van der Waals surface area contributed by atoms with Crippen molar-refractivity contribution in [3.63, 3.8) is 0 Å². The summed E-state index contributed by atoms with van der Waals surface area (Å²) in [5, 5.41) is 22.4. The van der Waals surface area contributed by atoms with Crippen LogP contribution in [0.5, 0.6) is 5.75 Å². The van der Waals surface area contributed by atoms with Crippen molar-refractivity contribution in [2.75, 3.05) is 23.3 Å². The number of piperidine rings is 1. The van der Waals surface area contributed by atoms with Crippen LogP contribution in [-0.2, 0) is 0 Å². The first kappa shape index (κ1) is 20.1. The van der Waals surface area contributed by atoms with Gasteiger partial charge in [0, 0.05) is 24.8 Å². The number of aromatic nitrogens is 4. The third kappa shape index (κ3) is 4.50. The highest BCUT2D eigenvalue weighted by Gasteiger charge is 2.23. The second-order valence-electron chi connectivity index (χ2n) is 8.27. The maximum atomic E-state index is 10.5. The van der Waals surface area contributed by atoms with Crippen LogP contribution < -0.4 is 10.2 Å². The molecule has 4 heterocycles. The highest BCUT2D eigenvalue weighted by Crippen LogP contribution is 2.30. The zero-order chi connectivity index (χ0) is 21.1. The van der Waals surface area contributed by atoms with Crippen LogP contribution in [0.1, 0.15) is 32.4 Å². The Labute approximate surface area is 177 Å². The van der Waals surface area contributed by atoms with Gasteiger partial charge in [-0.05, 0) is 55.9 Å². The smallest absolute Gasteiger partial charge is 0.151 e. The Balaban J connectivity index is 1.48. The quantitative estimate of drug-likeness (QED) is 0.644. The monoisotopic (exact) mass is 404 g/mol. The molecule has 7 heteroatoms. The molecule has 3 aromatic rings. The summed E-state index contributed by atoms with van der Waals surface area (Å²) in [5.74, 6) is 2.30. The molecule has 0 radical (unpaired) electrons. The predicted molar refractivity (Wildman–Crippen MR) is 119 cm³/mol. The standard InChI is InChI=1S/C23H28N6O/c1-15(2)17-5-4-10-29(14-17)22-9-8-20(27-28-22)23-21(30)11-19(13-25-23)26-18-7-6-16(3)24-12-18/h6-9,11-13,15,17,26,30H,4-5,10,14H2,1-3H3/t17-/m0/s1. The Morgan fingerprint density at radius 2 is 1.90 bits per heavy atom. The minimum atomic E-state index is 0.0555. The topological polar surface area (TPSA) is 87.1 Å². The van der Waals surface area contributed by atoms with Gasteiger partial charge >= 0.3 is 0 Å². The van der Waals surface area contributed by atoms with E-state index in [-0.39, 0.29) is 5.75 Å². The molecule has 1 aliphatic heterocycles. The van der Waals surface area contributed by atoms with Crippen LogP contribution in [0.25, 0.3) is 11.4 Å². The molecule has 1 aliphatic rings. The van der Waals surface area contributed by atoms with E-state index >= 15 is 0 Å². The van der Waals surface area contributed by atoms with Crippen LogP contribution >= 0.6 is 0 Å². The molecule has 4 rings (SSSR count). The number of aromatic hydroxyl groups is 1. The molecule has 0 amide bonds. The molecule has 0 aliphatic carbocycles. The number of aryl methyl sites for hydroxylation is 1. The Bertz CT molecular complexity index is 988. The first-order valence-corrected chi connectivity index (χ1v) is 10.5. The fraction of sp³-hybridized carbons (Fsp3) is 0.391. The lowest BCUT2D eigenvalue weighted by Crippen LogP contribution is -2.37. The maximum Gasteiger partial charge on any atom is 0.151 e. The minimum Gasteiger partial charge on any atom is -0.506 e. The molecule has 1 fully saturated rings. The third-order valence-corrected chi connectivity index (χ3v) is 5.69. The normalized spacial score (nSPS) is 16.7. The van der Waals surface area contributed by atoms with E-state index in [1.54, 1.807) is 18.5 Å². The van der Waals surface area contributed by atoms with Crippen molar-refractivity contribution in [2.24, 2.45) is 11.8 Å². The molecule has 1 saturated heterocycles. The molecule has 0 spiro atoms. The molecular formula is C23H28N6O. The average molecular weight is 405 g/mol. The van der Waals surface area contributed by atoms with Crippen LogP contribution in [0.2, 0.25) is 0 Å². The van der Waals surface area contributed by atoms with Crippen molar-refractivity contribution in [3.8, 4) is 17.1 Å². The number of hydrogen-bond donors (Lipinski definition) is 2. The molecule has 0 unspecified atom stereocenters. The van der Waals surface area contributed by atoms with Crippen molar-refractivity contribution in [3.05, 3.63) is 48.4 Å². The number of hydrogen-bond acceptors (Lipinski definition) is 7. The zero-order valence-electron chi connectivity index (χ0n) is 17.7. The molecular weight excluding hydrogens is 376 g/mol. The van der Waals surface area contributed by atoms with E-state index in [2.05, 4.69) is 44.2 Å². The van der Waals surface area contributed by atoms with Gasteiger partial charge in [-0.3, -0.25) is 4.98 Å². The number of pyridine rings is 2. The molecule has 1 atom stereocenters. The molecule has 0 aromatic carbocycles. The lowest BCUT2D eigenvalue weighted by molar-refractivity contribution is 0.320. The van der Waals surface area contributed by atoms with E-state index < -0.39 is 0 Å². The van der Waals surface area contributed by atoms with E-state index in [0.29, 0.717) is 28.9 Å². The zero-order valence-corrected chi connectivity index (χ0v) is 17.7. The SMILES string of the molecule is Cc1ccc(Nc2cnc(-c3ccc(N4CCC[C@H](C(C)C)C4)nn3)c(O)c2)cn1. The lowest BCUT2D eigenvalue weighted by Gasteiger charge is -2.35. The van der Waals surface area contributed by atoms with E-state index in [0.717, 1.165) is 30.3 Å². The van der Waals surface area contributed by atoms with Crippen molar-refractivity contribution in [1.29, 1.82) is 0 Å². The van der Waals surface area contributed by atoms with E-state index in [4.69, 9.17) is 0 Å². The summed E-state index contributed by atoms with van der Waals surface area (Å²) in [6.07, 6.45) is 5.87. The van der Waals surface area contributed by atoms with Crippen LogP contribution in [-0.4, -0.2) is 38.4 Å².